The molecule has 0 aliphatic carbocycles. The van der Waals surface area contributed by atoms with Crippen molar-refractivity contribution in [2.45, 2.75) is 12.2 Å². The van der Waals surface area contributed by atoms with E-state index in [2.05, 4.69) is 10.3 Å². The third-order valence-electron chi connectivity index (χ3n) is 2.16. The van der Waals surface area contributed by atoms with Gasteiger partial charge >= 0.3 is 6.03 Å². The van der Waals surface area contributed by atoms with E-state index in [1.807, 2.05) is 0 Å². The molecule has 8 heteroatoms. The van der Waals surface area contributed by atoms with Crippen LogP contribution in [0.1, 0.15) is 0 Å². The zero-order valence-corrected chi connectivity index (χ0v) is 8.58. The number of hydrogen-bond donors (Lipinski definition) is 1. The van der Waals surface area contributed by atoms with Crippen LogP contribution in [0, 0.1) is 0 Å². The molecular weight excluding hydrogens is 231 g/mol. The number of amidine groups is 1. The average molecular weight is 237 g/mol. The minimum atomic E-state index is -0.744. The molecule has 14 heavy (non-hydrogen) atoms. The van der Waals surface area contributed by atoms with E-state index < -0.39 is 24.1 Å². The van der Waals surface area contributed by atoms with Crippen LogP contribution in [0.5, 0.6) is 0 Å². The van der Waals surface area contributed by atoms with Gasteiger partial charge in [0.25, 0.3) is 5.91 Å². The number of nitrogens with one attached hydrogen (secondary N) is 1. The Morgan fingerprint density at radius 2 is 2.14 bits per heavy atom. The fraction of sp³-hybridized carbons (Fsp3) is 0.500. The number of imide groups is 1. The molecule has 1 fully saturated rings. The number of urea groups is 1. The van der Waals surface area contributed by atoms with Gasteiger partial charge in [0, 0.05) is 18.8 Å². The van der Waals surface area contributed by atoms with Crippen molar-refractivity contribution in [2.24, 2.45) is 4.99 Å². The molecular formula is C6H6Cl2N4O2. The molecule has 0 bridgehead atoms. The maximum atomic E-state index is 11.4. The van der Waals surface area contributed by atoms with Crippen molar-refractivity contribution in [3.8, 4) is 0 Å². The quantitative estimate of drug-likeness (QED) is 0.473. The van der Waals surface area contributed by atoms with Crippen LogP contribution in [0.25, 0.3) is 0 Å². The molecule has 76 valence electrons. The first kappa shape index (κ1) is 9.54. The number of aliphatic imine (C=N–C) groups is 1. The Labute approximate surface area is 89.6 Å². The molecule has 0 aromatic heterocycles. The molecule has 1 N–H and O–H groups in total. The third-order valence-corrected chi connectivity index (χ3v) is 2.89. The Hall–Kier alpha value is -1.01. The first-order valence-electron chi connectivity index (χ1n) is 3.78. The first-order valence-corrected chi connectivity index (χ1v) is 4.50. The second kappa shape index (κ2) is 2.99. The average Bonchev–Trinajstić information content (AvgIpc) is 2.40. The Morgan fingerprint density at radius 1 is 1.50 bits per heavy atom. The van der Waals surface area contributed by atoms with Crippen molar-refractivity contribution < 1.29 is 9.59 Å². The summed E-state index contributed by atoms with van der Waals surface area (Å²) in [6, 6.07) is -1.25. The monoisotopic (exact) mass is 236 g/mol. The van der Waals surface area contributed by atoms with Gasteiger partial charge in [-0.3, -0.25) is 10.1 Å². The number of rotatable bonds is 0. The minimum absolute atomic E-state index is 0.0124. The van der Waals surface area contributed by atoms with Crippen LogP contribution >= 0.6 is 23.4 Å². The highest BCUT2D eigenvalue weighted by atomic mass is 35.5. The van der Waals surface area contributed by atoms with E-state index in [0.717, 1.165) is 4.42 Å². The van der Waals surface area contributed by atoms with Gasteiger partial charge in [0.2, 0.25) is 5.29 Å². The molecule has 0 aromatic carbocycles. The summed E-state index contributed by atoms with van der Waals surface area (Å²) in [5.41, 5.74) is 0. The van der Waals surface area contributed by atoms with Gasteiger partial charge in [0.15, 0.2) is 12.2 Å². The number of nitrogens with zero attached hydrogens (tertiary/aromatic N) is 3. The SMILES string of the molecule is CN1C(=O)NC(=O)C2C1N=C(Cl)N2Cl. The predicted octanol–water partition coefficient (Wildman–Crippen LogP) is -0.0731. The molecule has 2 rings (SSSR count). The van der Waals surface area contributed by atoms with E-state index in [1.165, 1.54) is 11.9 Å². The summed E-state index contributed by atoms with van der Waals surface area (Å²) in [7, 11) is 1.52. The fourth-order valence-electron chi connectivity index (χ4n) is 1.39. The summed E-state index contributed by atoms with van der Waals surface area (Å²) in [6.45, 7) is 0. The number of fused-ring (bicyclic) bond motifs is 1. The molecule has 0 radical (unpaired) electrons. The number of amides is 3. The van der Waals surface area contributed by atoms with Gasteiger partial charge in [-0.2, -0.15) is 0 Å². The van der Waals surface area contributed by atoms with Crippen molar-refractivity contribution in [1.29, 1.82) is 0 Å². The minimum Gasteiger partial charge on any atom is -0.303 e. The zero-order chi connectivity index (χ0) is 10.5. The van der Waals surface area contributed by atoms with E-state index in [9.17, 15) is 9.59 Å². The standard InChI is InChI=1S/C6H6Cl2N4O2/c1-11-3-2(4(13)10-6(11)14)12(8)5(7)9-3/h2-3H,1H3,(H,10,13,14). The molecule has 0 saturated carbocycles. The van der Waals surface area contributed by atoms with Gasteiger partial charge in [-0.25, -0.2) is 14.2 Å². The van der Waals surface area contributed by atoms with Crippen molar-refractivity contribution in [3.05, 3.63) is 0 Å². The van der Waals surface area contributed by atoms with Gasteiger partial charge in [-0.05, 0) is 11.6 Å². The molecule has 2 atom stereocenters. The maximum Gasteiger partial charge on any atom is 0.325 e. The lowest BCUT2D eigenvalue weighted by Crippen LogP contribution is -2.62. The number of halogens is 2. The van der Waals surface area contributed by atoms with Crippen LogP contribution in [0.2, 0.25) is 0 Å². The summed E-state index contributed by atoms with van der Waals surface area (Å²) in [5.74, 6) is -0.493. The van der Waals surface area contributed by atoms with E-state index in [-0.39, 0.29) is 5.29 Å². The molecule has 6 nitrogen and oxygen atoms in total. The Balaban J connectivity index is 2.35. The lowest BCUT2D eigenvalue weighted by Gasteiger charge is -2.33. The highest BCUT2D eigenvalue weighted by molar-refractivity contribution is 6.67. The van der Waals surface area contributed by atoms with Crippen LogP contribution in [-0.2, 0) is 4.79 Å². The van der Waals surface area contributed by atoms with Crippen molar-refractivity contribution >= 4 is 40.6 Å². The molecule has 2 heterocycles. The fourth-order valence-corrected chi connectivity index (χ4v) is 1.83. The van der Waals surface area contributed by atoms with Crippen LogP contribution in [-0.4, -0.2) is 45.8 Å². The largest absolute Gasteiger partial charge is 0.325 e. The smallest absolute Gasteiger partial charge is 0.303 e. The number of carbonyl (C=O) groups is 2. The van der Waals surface area contributed by atoms with E-state index in [1.54, 1.807) is 0 Å². The topological polar surface area (TPSA) is 65.0 Å². The van der Waals surface area contributed by atoms with Crippen LogP contribution in [0.15, 0.2) is 4.99 Å². The van der Waals surface area contributed by atoms with E-state index in [4.69, 9.17) is 23.4 Å². The van der Waals surface area contributed by atoms with Gasteiger partial charge < -0.3 is 4.90 Å². The lowest BCUT2D eigenvalue weighted by molar-refractivity contribution is -0.125. The molecule has 3 amide bonds. The van der Waals surface area contributed by atoms with Gasteiger partial charge in [0.05, 0.1) is 0 Å². The van der Waals surface area contributed by atoms with E-state index in [0.29, 0.717) is 0 Å². The molecule has 0 aromatic rings. The lowest BCUT2D eigenvalue weighted by atomic mass is 10.2. The Morgan fingerprint density at radius 3 is 2.79 bits per heavy atom. The highest BCUT2D eigenvalue weighted by Gasteiger charge is 2.48. The second-order valence-electron chi connectivity index (χ2n) is 2.97. The Bertz CT molecular complexity index is 345. The number of carbonyl (C=O) groups excluding carboxylic acids is 2. The number of likely N-dealkylation sites (N-methyl/N-ethyl adjacent to an activating group) is 1. The van der Waals surface area contributed by atoms with Crippen molar-refractivity contribution in [2.75, 3.05) is 7.05 Å². The summed E-state index contributed by atoms with van der Waals surface area (Å²) in [6.07, 6.45) is -0.638. The Kier molecular flexibility index (Phi) is 2.04. The van der Waals surface area contributed by atoms with Crippen LogP contribution in [0.4, 0.5) is 4.79 Å². The number of hydrogen-bond acceptors (Lipinski definition) is 4. The third kappa shape index (κ3) is 1.14. The normalized spacial score (nSPS) is 31.5. The summed E-state index contributed by atoms with van der Waals surface area (Å²) in [4.78, 5) is 27.7. The molecule has 2 aliphatic heterocycles. The summed E-state index contributed by atoms with van der Waals surface area (Å²) < 4.78 is 1.02. The summed E-state index contributed by atoms with van der Waals surface area (Å²) in [5, 5.41) is 2.15. The van der Waals surface area contributed by atoms with Crippen LogP contribution < -0.4 is 5.32 Å². The van der Waals surface area contributed by atoms with Crippen molar-refractivity contribution in [1.82, 2.24) is 14.6 Å². The molecule has 0 spiro atoms. The molecule has 2 unspecified atom stereocenters. The molecule has 1 saturated heterocycles. The van der Waals surface area contributed by atoms with Gasteiger partial charge in [-0.15, -0.1) is 0 Å². The van der Waals surface area contributed by atoms with Gasteiger partial charge in [-0.1, -0.05) is 0 Å². The molecule has 2 aliphatic rings. The van der Waals surface area contributed by atoms with Gasteiger partial charge in [0.1, 0.15) is 0 Å². The first-order chi connectivity index (χ1) is 6.52. The van der Waals surface area contributed by atoms with Crippen molar-refractivity contribution in [3.63, 3.8) is 0 Å². The summed E-state index contributed by atoms with van der Waals surface area (Å²) >= 11 is 11.4. The predicted molar refractivity (Wildman–Crippen MR) is 49.9 cm³/mol. The van der Waals surface area contributed by atoms with E-state index >= 15 is 0 Å². The highest BCUT2D eigenvalue weighted by Crippen LogP contribution is 2.26. The zero-order valence-electron chi connectivity index (χ0n) is 7.07. The maximum absolute atomic E-state index is 11.4. The van der Waals surface area contributed by atoms with Crippen LogP contribution in [0.3, 0.4) is 0 Å². The second-order valence-corrected chi connectivity index (χ2v) is 3.68.